The smallest absolute Gasteiger partial charge is 0.319 e. The lowest BCUT2D eigenvalue weighted by Gasteiger charge is -2.10. The van der Waals surface area contributed by atoms with Gasteiger partial charge in [0.15, 0.2) is 0 Å². The monoisotopic (exact) mass is 275 g/mol. The van der Waals surface area contributed by atoms with E-state index in [9.17, 15) is 9.59 Å². The molecule has 0 radical (unpaired) electrons. The van der Waals surface area contributed by atoms with E-state index in [0.29, 0.717) is 29.8 Å². The Kier molecular flexibility index (Phi) is 4.61. The van der Waals surface area contributed by atoms with Crippen LogP contribution in [-0.4, -0.2) is 24.5 Å². The van der Waals surface area contributed by atoms with E-state index in [2.05, 4.69) is 16.0 Å². The molecular weight excluding hydrogens is 254 g/mol. The lowest BCUT2D eigenvalue weighted by atomic mass is 10.2. The summed E-state index contributed by atoms with van der Waals surface area (Å²) in [5.41, 5.74) is 1.19. The maximum Gasteiger partial charge on any atom is 0.319 e. The summed E-state index contributed by atoms with van der Waals surface area (Å²) < 4.78 is 0. The van der Waals surface area contributed by atoms with Gasteiger partial charge in [0.05, 0.1) is 0 Å². The van der Waals surface area contributed by atoms with E-state index in [1.165, 1.54) is 0 Å². The summed E-state index contributed by atoms with van der Waals surface area (Å²) in [6, 6.07) is 7.04. The molecule has 1 aromatic rings. The first-order chi connectivity index (χ1) is 9.54. The Bertz CT molecular complexity index is 496. The van der Waals surface area contributed by atoms with Crippen molar-refractivity contribution in [2.24, 2.45) is 5.92 Å². The minimum atomic E-state index is -0.251. The van der Waals surface area contributed by atoms with Crippen molar-refractivity contribution in [2.75, 3.05) is 11.9 Å². The number of carbonyl (C=O) groups is 2. The zero-order valence-electron chi connectivity index (χ0n) is 11.9. The van der Waals surface area contributed by atoms with Crippen LogP contribution in [-0.2, 0) is 0 Å². The van der Waals surface area contributed by atoms with E-state index in [1.807, 2.05) is 13.8 Å². The number of carbonyl (C=O) groups excluding carboxylic acids is 2. The van der Waals surface area contributed by atoms with Gasteiger partial charge in [-0.25, -0.2) is 4.79 Å². The number of hydrogen-bond acceptors (Lipinski definition) is 2. The summed E-state index contributed by atoms with van der Waals surface area (Å²) >= 11 is 0. The largest absolute Gasteiger partial charge is 0.349 e. The Morgan fingerprint density at radius 3 is 2.70 bits per heavy atom. The highest BCUT2D eigenvalue weighted by atomic mass is 16.2. The van der Waals surface area contributed by atoms with E-state index in [-0.39, 0.29) is 11.9 Å². The molecule has 0 unspecified atom stereocenters. The van der Waals surface area contributed by atoms with Crippen LogP contribution in [0.2, 0.25) is 0 Å². The molecule has 0 aliphatic heterocycles. The second kappa shape index (κ2) is 6.41. The summed E-state index contributed by atoms with van der Waals surface area (Å²) in [6.45, 7) is 4.68. The van der Waals surface area contributed by atoms with Gasteiger partial charge < -0.3 is 16.0 Å². The van der Waals surface area contributed by atoms with Crippen molar-refractivity contribution in [3.8, 4) is 0 Å². The molecule has 1 saturated carbocycles. The number of urea groups is 1. The summed E-state index contributed by atoms with van der Waals surface area (Å²) in [7, 11) is 0. The summed E-state index contributed by atoms with van der Waals surface area (Å²) in [5, 5.41) is 8.43. The van der Waals surface area contributed by atoms with Crippen LogP contribution in [0.1, 0.15) is 37.0 Å². The molecule has 0 heterocycles. The fraction of sp³-hybridized carbons (Fsp3) is 0.467. The third kappa shape index (κ3) is 4.57. The van der Waals surface area contributed by atoms with Crippen LogP contribution in [0.3, 0.4) is 0 Å². The van der Waals surface area contributed by atoms with Crippen molar-refractivity contribution in [3.05, 3.63) is 29.8 Å². The van der Waals surface area contributed by atoms with Gasteiger partial charge >= 0.3 is 6.03 Å². The molecule has 1 aliphatic rings. The average molecular weight is 275 g/mol. The van der Waals surface area contributed by atoms with E-state index in [4.69, 9.17) is 0 Å². The number of hydrogen-bond donors (Lipinski definition) is 3. The van der Waals surface area contributed by atoms with E-state index < -0.39 is 0 Å². The molecular formula is C15H21N3O2. The van der Waals surface area contributed by atoms with Crippen LogP contribution in [0, 0.1) is 5.92 Å². The summed E-state index contributed by atoms with van der Waals surface area (Å²) in [6.07, 6.45) is 2.11. The van der Waals surface area contributed by atoms with Gasteiger partial charge in [0.25, 0.3) is 5.91 Å². The van der Waals surface area contributed by atoms with Gasteiger partial charge in [-0.15, -0.1) is 0 Å². The van der Waals surface area contributed by atoms with Crippen molar-refractivity contribution in [2.45, 2.75) is 32.7 Å². The van der Waals surface area contributed by atoms with Crippen LogP contribution < -0.4 is 16.0 Å². The third-order valence-electron chi connectivity index (χ3n) is 2.97. The zero-order valence-corrected chi connectivity index (χ0v) is 11.9. The Morgan fingerprint density at radius 2 is 2.05 bits per heavy atom. The van der Waals surface area contributed by atoms with Crippen LogP contribution in [0.4, 0.5) is 10.5 Å². The second-order valence-electron chi connectivity index (χ2n) is 5.56. The van der Waals surface area contributed by atoms with Gasteiger partial charge in [-0.3, -0.25) is 4.79 Å². The Hall–Kier alpha value is -2.04. The number of anilines is 1. The van der Waals surface area contributed by atoms with E-state index in [1.54, 1.807) is 24.3 Å². The van der Waals surface area contributed by atoms with Gasteiger partial charge in [0, 0.05) is 23.8 Å². The number of benzene rings is 1. The molecule has 0 atom stereocenters. The summed E-state index contributed by atoms with van der Waals surface area (Å²) in [4.78, 5) is 23.6. The van der Waals surface area contributed by atoms with Crippen LogP contribution in [0.15, 0.2) is 24.3 Å². The summed E-state index contributed by atoms with van der Waals surface area (Å²) in [5.74, 6) is 0.315. The molecule has 20 heavy (non-hydrogen) atoms. The molecule has 0 bridgehead atoms. The first kappa shape index (κ1) is 14.4. The zero-order chi connectivity index (χ0) is 14.5. The van der Waals surface area contributed by atoms with Gasteiger partial charge in [0.1, 0.15) is 0 Å². The Balaban J connectivity index is 1.91. The SMILES string of the molecule is CC(C)CNC(=O)Nc1cccc(C(=O)NC2CC2)c1. The molecule has 2 rings (SSSR count). The highest BCUT2D eigenvalue weighted by Crippen LogP contribution is 2.20. The second-order valence-corrected chi connectivity index (χ2v) is 5.56. The highest BCUT2D eigenvalue weighted by molar-refractivity contribution is 5.97. The maximum atomic E-state index is 11.9. The minimum Gasteiger partial charge on any atom is -0.349 e. The Morgan fingerprint density at radius 1 is 1.30 bits per heavy atom. The van der Waals surface area contributed by atoms with Crippen molar-refractivity contribution in [3.63, 3.8) is 0 Å². The van der Waals surface area contributed by atoms with Crippen LogP contribution in [0.5, 0.6) is 0 Å². The normalized spacial score (nSPS) is 13.9. The highest BCUT2D eigenvalue weighted by Gasteiger charge is 2.23. The molecule has 0 saturated heterocycles. The number of rotatable bonds is 5. The van der Waals surface area contributed by atoms with E-state index >= 15 is 0 Å². The van der Waals surface area contributed by atoms with Crippen molar-refractivity contribution in [1.82, 2.24) is 10.6 Å². The first-order valence-corrected chi connectivity index (χ1v) is 7.00. The lowest BCUT2D eigenvalue weighted by molar-refractivity contribution is 0.0951. The molecule has 108 valence electrons. The first-order valence-electron chi connectivity index (χ1n) is 7.00. The Labute approximate surface area is 119 Å². The molecule has 1 fully saturated rings. The molecule has 1 aromatic carbocycles. The van der Waals surface area contributed by atoms with Crippen LogP contribution >= 0.6 is 0 Å². The third-order valence-corrected chi connectivity index (χ3v) is 2.97. The molecule has 1 aliphatic carbocycles. The van der Waals surface area contributed by atoms with Crippen molar-refractivity contribution in [1.29, 1.82) is 0 Å². The molecule has 0 aromatic heterocycles. The van der Waals surface area contributed by atoms with Gasteiger partial charge in [-0.2, -0.15) is 0 Å². The molecule has 3 amide bonds. The molecule has 3 N–H and O–H groups in total. The maximum absolute atomic E-state index is 11.9. The fourth-order valence-corrected chi connectivity index (χ4v) is 1.71. The number of amides is 3. The van der Waals surface area contributed by atoms with Crippen LogP contribution in [0.25, 0.3) is 0 Å². The van der Waals surface area contributed by atoms with Gasteiger partial charge in [-0.1, -0.05) is 19.9 Å². The van der Waals surface area contributed by atoms with E-state index in [0.717, 1.165) is 12.8 Å². The van der Waals surface area contributed by atoms with Gasteiger partial charge in [-0.05, 0) is 37.0 Å². The minimum absolute atomic E-state index is 0.0845. The lowest BCUT2D eigenvalue weighted by Crippen LogP contribution is -2.31. The quantitative estimate of drug-likeness (QED) is 0.772. The van der Waals surface area contributed by atoms with Crippen molar-refractivity contribution >= 4 is 17.6 Å². The molecule has 0 spiro atoms. The van der Waals surface area contributed by atoms with Crippen molar-refractivity contribution < 1.29 is 9.59 Å². The standard InChI is InChI=1S/C15H21N3O2/c1-10(2)9-16-15(20)18-13-5-3-4-11(8-13)14(19)17-12-6-7-12/h3-5,8,10,12H,6-7,9H2,1-2H3,(H,17,19)(H2,16,18,20). The predicted octanol–water partition coefficient (Wildman–Crippen LogP) is 2.36. The average Bonchev–Trinajstić information content (AvgIpc) is 3.20. The molecule has 5 nitrogen and oxygen atoms in total. The predicted molar refractivity (Wildman–Crippen MR) is 78.8 cm³/mol. The topological polar surface area (TPSA) is 70.2 Å². The van der Waals surface area contributed by atoms with Gasteiger partial charge in [0.2, 0.25) is 0 Å². The fourth-order valence-electron chi connectivity index (χ4n) is 1.71. The molecule has 5 heteroatoms. The number of nitrogens with one attached hydrogen (secondary N) is 3.